The van der Waals surface area contributed by atoms with Crippen LogP contribution in [0.4, 0.5) is 0 Å². The van der Waals surface area contributed by atoms with Gasteiger partial charge in [-0.05, 0) is 18.1 Å². The molecule has 1 amide bonds. The van der Waals surface area contributed by atoms with E-state index in [2.05, 4.69) is 19.8 Å². The largest absolute Gasteiger partial charge is 0.469 e. The van der Waals surface area contributed by atoms with Crippen molar-refractivity contribution in [2.75, 3.05) is 14.2 Å². The SMILES string of the molecule is COC(=O)C[C@H](C)[C@@H](NC(=O)c1ccncc1)C(=O)OC. The third kappa shape index (κ3) is 4.87. The zero-order valence-electron chi connectivity index (χ0n) is 12.2. The highest BCUT2D eigenvalue weighted by atomic mass is 16.5. The number of rotatable bonds is 6. The van der Waals surface area contributed by atoms with Crippen molar-refractivity contribution < 1.29 is 23.9 Å². The maximum Gasteiger partial charge on any atom is 0.328 e. The molecule has 0 saturated heterocycles. The van der Waals surface area contributed by atoms with Gasteiger partial charge in [-0.15, -0.1) is 0 Å². The van der Waals surface area contributed by atoms with Crippen molar-refractivity contribution in [3.8, 4) is 0 Å². The van der Waals surface area contributed by atoms with Crippen LogP contribution < -0.4 is 5.32 Å². The molecular weight excluding hydrogens is 276 g/mol. The standard InChI is InChI=1S/C14H18N2O5/c1-9(8-11(17)20-2)12(14(19)21-3)16-13(18)10-4-6-15-7-5-10/h4-7,9,12H,8H2,1-3H3,(H,16,18)/t9-,12+/m0/s1. The Morgan fingerprint density at radius 3 is 2.33 bits per heavy atom. The van der Waals surface area contributed by atoms with Crippen LogP contribution in [0.3, 0.4) is 0 Å². The fourth-order valence-corrected chi connectivity index (χ4v) is 1.75. The molecule has 0 saturated carbocycles. The van der Waals surface area contributed by atoms with Crippen LogP contribution in [0, 0.1) is 5.92 Å². The van der Waals surface area contributed by atoms with Gasteiger partial charge in [0, 0.05) is 18.0 Å². The fourth-order valence-electron chi connectivity index (χ4n) is 1.75. The van der Waals surface area contributed by atoms with Crippen LogP contribution in [0.2, 0.25) is 0 Å². The van der Waals surface area contributed by atoms with Crippen LogP contribution in [-0.4, -0.2) is 43.1 Å². The van der Waals surface area contributed by atoms with Gasteiger partial charge in [0.1, 0.15) is 6.04 Å². The first-order valence-corrected chi connectivity index (χ1v) is 6.35. The number of amides is 1. The van der Waals surface area contributed by atoms with Gasteiger partial charge in [0.25, 0.3) is 5.91 Å². The number of methoxy groups -OCH3 is 2. The Balaban J connectivity index is 2.81. The quantitative estimate of drug-likeness (QED) is 0.770. The van der Waals surface area contributed by atoms with Crippen LogP contribution in [0.25, 0.3) is 0 Å². The van der Waals surface area contributed by atoms with Crippen molar-refractivity contribution in [2.24, 2.45) is 5.92 Å². The van der Waals surface area contributed by atoms with Gasteiger partial charge in [-0.2, -0.15) is 0 Å². The second-order valence-electron chi connectivity index (χ2n) is 4.47. The normalized spacial score (nSPS) is 12.9. The predicted molar refractivity (Wildman–Crippen MR) is 73.3 cm³/mol. The van der Waals surface area contributed by atoms with Crippen LogP contribution in [0.5, 0.6) is 0 Å². The summed E-state index contributed by atoms with van der Waals surface area (Å²) in [6.45, 7) is 1.66. The molecule has 0 aliphatic rings. The number of hydrogen-bond donors (Lipinski definition) is 1. The highest BCUT2D eigenvalue weighted by Crippen LogP contribution is 2.12. The van der Waals surface area contributed by atoms with E-state index in [0.717, 1.165) is 0 Å². The van der Waals surface area contributed by atoms with E-state index in [-0.39, 0.29) is 6.42 Å². The summed E-state index contributed by atoms with van der Waals surface area (Å²) >= 11 is 0. The number of nitrogens with one attached hydrogen (secondary N) is 1. The summed E-state index contributed by atoms with van der Waals surface area (Å²) in [6, 6.07) is 2.11. The Hall–Kier alpha value is -2.44. The third-order valence-corrected chi connectivity index (χ3v) is 2.97. The van der Waals surface area contributed by atoms with Gasteiger partial charge in [-0.25, -0.2) is 4.79 Å². The van der Waals surface area contributed by atoms with Crippen molar-refractivity contribution in [1.29, 1.82) is 0 Å². The minimum Gasteiger partial charge on any atom is -0.469 e. The second kappa shape index (κ2) is 7.98. The van der Waals surface area contributed by atoms with Crippen molar-refractivity contribution in [1.82, 2.24) is 10.3 Å². The molecule has 114 valence electrons. The molecule has 1 rings (SSSR count). The van der Waals surface area contributed by atoms with Crippen molar-refractivity contribution in [2.45, 2.75) is 19.4 Å². The number of nitrogens with zero attached hydrogens (tertiary/aromatic N) is 1. The molecule has 21 heavy (non-hydrogen) atoms. The van der Waals surface area contributed by atoms with Crippen molar-refractivity contribution >= 4 is 17.8 Å². The summed E-state index contributed by atoms with van der Waals surface area (Å²) in [4.78, 5) is 39.0. The minimum atomic E-state index is -0.935. The molecule has 0 aliphatic carbocycles. The summed E-state index contributed by atoms with van der Waals surface area (Å²) < 4.78 is 9.23. The van der Waals surface area contributed by atoms with E-state index in [1.54, 1.807) is 6.92 Å². The summed E-state index contributed by atoms with van der Waals surface area (Å²) in [5.74, 6) is -1.98. The van der Waals surface area contributed by atoms with Crippen molar-refractivity contribution in [3.05, 3.63) is 30.1 Å². The van der Waals surface area contributed by atoms with Crippen LogP contribution in [-0.2, 0) is 19.1 Å². The average molecular weight is 294 g/mol. The van der Waals surface area contributed by atoms with Gasteiger partial charge < -0.3 is 14.8 Å². The molecule has 1 N–H and O–H groups in total. The molecule has 1 heterocycles. The first kappa shape index (κ1) is 16.6. The molecule has 0 aliphatic heterocycles. The molecule has 7 nitrogen and oxygen atoms in total. The Morgan fingerprint density at radius 1 is 1.19 bits per heavy atom. The number of ether oxygens (including phenoxy) is 2. The van der Waals surface area contributed by atoms with Crippen LogP contribution >= 0.6 is 0 Å². The Morgan fingerprint density at radius 2 is 1.81 bits per heavy atom. The lowest BCUT2D eigenvalue weighted by molar-refractivity contribution is -0.146. The molecule has 0 bridgehead atoms. The minimum absolute atomic E-state index is 0.00705. The monoisotopic (exact) mass is 294 g/mol. The van der Waals surface area contributed by atoms with E-state index in [9.17, 15) is 14.4 Å². The predicted octanol–water partition coefficient (Wildman–Crippen LogP) is 0.552. The third-order valence-electron chi connectivity index (χ3n) is 2.97. The lowest BCUT2D eigenvalue weighted by Gasteiger charge is -2.22. The molecule has 0 radical (unpaired) electrons. The molecule has 0 unspecified atom stereocenters. The Bertz CT molecular complexity index is 503. The number of hydrogen-bond acceptors (Lipinski definition) is 6. The Kier molecular flexibility index (Phi) is 6.32. The molecule has 2 atom stereocenters. The molecule has 0 aromatic carbocycles. The van der Waals surface area contributed by atoms with Gasteiger partial charge in [0.05, 0.1) is 20.6 Å². The van der Waals surface area contributed by atoms with E-state index < -0.39 is 29.8 Å². The molecule has 0 spiro atoms. The highest BCUT2D eigenvalue weighted by molar-refractivity contribution is 5.96. The number of esters is 2. The topological polar surface area (TPSA) is 94.6 Å². The van der Waals surface area contributed by atoms with E-state index >= 15 is 0 Å². The molecule has 7 heteroatoms. The van der Waals surface area contributed by atoms with Gasteiger partial charge >= 0.3 is 11.9 Å². The number of carbonyl (C=O) groups is 3. The lowest BCUT2D eigenvalue weighted by atomic mass is 9.98. The first-order valence-electron chi connectivity index (χ1n) is 6.35. The number of pyridine rings is 1. The van der Waals surface area contributed by atoms with Gasteiger partial charge in [-0.3, -0.25) is 14.6 Å². The smallest absolute Gasteiger partial charge is 0.328 e. The fraction of sp³-hybridized carbons (Fsp3) is 0.429. The van der Waals surface area contributed by atoms with E-state index in [0.29, 0.717) is 5.56 Å². The molecule has 1 aromatic heterocycles. The summed E-state index contributed by atoms with van der Waals surface area (Å²) in [5.41, 5.74) is 0.365. The van der Waals surface area contributed by atoms with Gasteiger partial charge in [0.15, 0.2) is 0 Å². The molecular formula is C14H18N2O5. The van der Waals surface area contributed by atoms with E-state index in [4.69, 9.17) is 0 Å². The maximum absolute atomic E-state index is 12.1. The highest BCUT2D eigenvalue weighted by Gasteiger charge is 2.29. The molecule has 1 aromatic rings. The zero-order chi connectivity index (χ0) is 15.8. The maximum atomic E-state index is 12.1. The molecule has 0 fully saturated rings. The van der Waals surface area contributed by atoms with Gasteiger partial charge in [0.2, 0.25) is 0 Å². The van der Waals surface area contributed by atoms with Gasteiger partial charge in [-0.1, -0.05) is 6.92 Å². The Labute approximate surface area is 122 Å². The van der Waals surface area contributed by atoms with Crippen LogP contribution in [0.15, 0.2) is 24.5 Å². The first-order chi connectivity index (χ1) is 9.99. The summed E-state index contributed by atoms with van der Waals surface area (Å²) in [6.07, 6.45) is 2.94. The summed E-state index contributed by atoms with van der Waals surface area (Å²) in [5, 5.41) is 2.56. The van der Waals surface area contributed by atoms with Crippen LogP contribution in [0.1, 0.15) is 23.7 Å². The van der Waals surface area contributed by atoms with Crippen molar-refractivity contribution in [3.63, 3.8) is 0 Å². The average Bonchev–Trinajstić information content (AvgIpc) is 2.52. The zero-order valence-corrected chi connectivity index (χ0v) is 12.2. The number of carbonyl (C=O) groups excluding carboxylic acids is 3. The van der Waals surface area contributed by atoms with E-state index in [1.165, 1.54) is 38.7 Å². The second-order valence-corrected chi connectivity index (χ2v) is 4.47. The van der Waals surface area contributed by atoms with E-state index in [1.807, 2.05) is 0 Å². The number of aromatic nitrogens is 1. The summed E-state index contributed by atoms with van der Waals surface area (Å²) in [7, 11) is 2.48. The lowest BCUT2D eigenvalue weighted by Crippen LogP contribution is -2.46.